The van der Waals surface area contributed by atoms with Crippen molar-refractivity contribution < 1.29 is 0 Å². The van der Waals surface area contributed by atoms with E-state index in [0.29, 0.717) is 0 Å². The minimum Gasteiger partial charge on any atom is -0.0816 e. The summed E-state index contributed by atoms with van der Waals surface area (Å²) in [5.41, 5.74) is 1.72. The molecule has 0 amide bonds. The molecule has 3 fully saturated rings. The van der Waals surface area contributed by atoms with Crippen LogP contribution in [0.15, 0.2) is 11.6 Å². The molecule has 0 heteroatoms. The highest BCUT2D eigenvalue weighted by Gasteiger charge is 2.58. The molecule has 0 nitrogen and oxygen atoms in total. The SMILES string of the molecule is CC1=CC2C3CCC2C13. The summed E-state index contributed by atoms with van der Waals surface area (Å²) >= 11 is 0. The van der Waals surface area contributed by atoms with Crippen LogP contribution >= 0.6 is 0 Å². The van der Waals surface area contributed by atoms with E-state index in [4.69, 9.17) is 0 Å². The average Bonchev–Trinajstić information content (AvgIpc) is 2.34. The van der Waals surface area contributed by atoms with Crippen LogP contribution in [0.3, 0.4) is 0 Å². The van der Waals surface area contributed by atoms with Crippen LogP contribution in [0.4, 0.5) is 0 Å². The second-order valence-corrected chi connectivity index (χ2v) is 3.92. The second kappa shape index (κ2) is 1.12. The fourth-order valence-corrected chi connectivity index (χ4v) is 3.43. The van der Waals surface area contributed by atoms with E-state index < -0.39 is 0 Å². The van der Waals surface area contributed by atoms with Crippen LogP contribution in [0, 0.1) is 23.7 Å². The smallest absolute Gasteiger partial charge is 0.0138 e. The number of allylic oxidation sites excluding steroid dienone is 2. The molecule has 0 aromatic carbocycles. The quantitative estimate of drug-likeness (QED) is 0.430. The van der Waals surface area contributed by atoms with Crippen molar-refractivity contribution in [2.45, 2.75) is 19.8 Å². The lowest BCUT2D eigenvalue weighted by atomic mass is 9.68. The molecule has 0 aliphatic heterocycles. The molecule has 5 rings (SSSR count). The Hall–Kier alpha value is -0.260. The summed E-state index contributed by atoms with van der Waals surface area (Å²) in [6, 6.07) is 0. The van der Waals surface area contributed by atoms with Gasteiger partial charge in [-0.3, -0.25) is 0 Å². The summed E-state index contributed by atoms with van der Waals surface area (Å²) in [5.74, 6) is 4.36. The second-order valence-electron chi connectivity index (χ2n) is 3.92. The maximum atomic E-state index is 2.53. The molecule has 4 bridgehead atoms. The molecular formula is C9H12. The molecule has 0 radical (unpaired) electrons. The number of hydrogen-bond acceptors (Lipinski definition) is 0. The van der Waals surface area contributed by atoms with Crippen molar-refractivity contribution in [3.63, 3.8) is 0 Å². The maximum absolute atomic E-state index is 2.53. The molecule has 0 heterocycles. The van der Waals surface area contributed by atoms with E-state index in [0.717, 1.165) is 23.7 Å². The standard InChI is InChI=1S/C9H12/c1-5-4-8-6-2-3-7(8)9(5)6/h4,6-9H,2-3H2,1H3. The highest BCUT2D eigenvalue weighted by atomic mass is 14.6. The Morgan fingerprint density at radius 1 is 1.33 bits per heavy atom. The number of hydrogen-bond donors (Lipinski definition) is 0. The van der Waals surface area contributed by atoms with Crippen LogP contribution in [0.2, 0.25) is 0 Å². The molecule has 9 heavy (non-hydrogen) atoms. The molecule has 0 spiro atoms. The zero-order chi connectivity index (χ0) is 6.01. The predicted molar refractivity (Wildman–Crippen MR) is 37.0 cm³/mol. The number of fused-ring (bicyclic) bond motifs is 1. The van der Waals surface area contributed by atoms with Crippen LogP contribution in [0.25, 0.3) is 0 Å². The van der Waals surface area contributed by atoms with Crippen molar-refractivity contribution in [2.24, 2.45) is 23.7 Å². The van der Waals surface area contributed by atoms with Crippen LogP contribution in [-0.2, 0) is 0 Å². The lowest BCUT2D eigenvalue weighted by molar-refractivity contribution is 0.154. The molecule has 5 aliphatic carbocycles. The Morgan fingerprint density at radius 2 is 2.00 bits per heavy atom. The van der Waals surface area contributed by atoms with Crippen molar-refractivity contribution >= 4 is 0 Å². The van der Waals surface area contributed by atoms with E-state index in [2.05, 4.69) is 13.0 Å². The third-order valence-corrected chi connectivity index (χ3v) is 3.73. The molecule has 5 aliphatic rings. The summed E-state index contributed by atoms with van der Waals surface area (Å²) in [6.07, 6.45) is 5.61. The van der Waals surface area contributed by atoms with Gasteiger partial charge < -0.3 is 0 Å². The predicted octanol–water partition coefficient (Wildman–Crippen LogP) is 2.22. The summed E-state index contributed by atoms with van der Waals surface area (Å²) in [6.45, 7) is 2.32. The van der Waals surface area contributed by atoms with Crippen molar-refractivity contribution in [1.29, 1.82) is 0 Å². The molecule has 0 aromatic rings. The van der Waals surface area contributed by atoms with Gasteiger partial charge in [-0.2, -0.15) is 0 Å². The molecule has 0 saturated heterocycles. The average molecular weight is 120 g/mol. The zero-order valence-electron chi connectivity index (χ0n) is 5.80. The molecular weight excluding hydrogens is 108 g/mol. The maximum Gasteiger partial charge on any atom is -0.0138 e. The van der Waals surface area contributed by atoms with Crippen molar-refractivity contribution in [3.05, 3.63) is 11.6 Å². The highest BCUT2D eigenvalue weighted by molar-refractivity contribution is 5.30. The molecule has 0 aromatic heterocycles. The third-order valence-electron chi connectivity index (χ3n) is 3.73. The van der Waals surface area contributed by atoms with Gasteiger partial charge in [0.15, 0.2) is 0 Å². The van der Waals surface area contributed by atoms with Crippen molar-refractivity contribution in [3.8, 4) is 0 Å². The lowest BCUT2D eigenvalue weighted by Gasteiger charge is -2.36. The van der Waals surface area contributed by atoms with Crippen LogP contribution in [-0.4, -0.2) is 0 Å². The van der Waals surface area contributed by atoms with Gasteiger partial charge in [-0.25, -0.2) is 0 Å². The van der Waals surface area contributed by atoms with Gasteiger partial charge in [-0.1, -0.05) is 11.6 Å². The van der Waals surface area contributed by atoms with Gasteiger partial charge in [0.05, 0.1) is 0 Å². The van der Waals surface area contributed by atoms with Gasteiger partial charge in [0.25, 0.3) is 0 Å². The summed E-state index contributed by atoms with van der Waals surface area (Å²) in [7, 11) is 0. The van der Waals surface area contributed by atoms with Crippen LogP contribution in [0.5, 0.6) is 0 Å². The van der Waals surface area contributed by atoms with Crippen LogP contribution < -0.4 is 0 Å². The van der Waals surface area contributed by atoms with Gasteiger partial charge in [-0.05, 0) is 43.4 Å². The Bertz CT molecular complexity index is 178. The molecule has 0 N–H and O–H groups in total. The first-order valence-corrected chi connectivity index (χ1v) is 4.06. The third kappa shape index (κ3) is 0.309. The summed E-state index contributed by atoms with van der Waals surface area (Å²) in [4.78, 5) is 0. The first-order valence-electron chi connectivity index (χ1n) is 4.06. The lowest BCUT2D eigenvalue weighted by Crippen LogP contribution is -2.31. The van der Waals surface area contributed by atoms with Crippen molar-refractivity contribution in [2.75, 3.05) is 0 Å². The minimum atomic E-state index is 1.05. The largest absolute Gasteiger partial charge is 0.0816 e. The van der Waals surface area contributed by atoms with Gasteiger partial charge in [0, 0.05) is 0 Å². The fraction of sp³-hybridized carbons (Fsp3) is 0.778. The van der Waals surface area contributed by atoms with E-state index in [-0.39, 0.29) is 0 Å². The Morgan fingerprint density at radius 3 is 2.33 bits per heavy atom. The summed E-state index contributed by atoms with van der Waals surface area (Å²) in [5, 5.41) is 0. The van der Waals surface area contributed by atoms with Gasteiger partial charge in [-0.15, -0.1) is 0 Å². The first-order chi connectivity index (χ1) is 4.38. The van der Waals surface area contributed by atoms with E-state index >= 15 is 0 Å². The Labute approximate surface area is 56.0 Å². The van der Waals surface area contributed by atoms with E-state index in [1.165, 1.54) is 12.8 Å². The van der Waals surface area contributed by atoms with E-state index in [9.17, 15) is 0 Å². The fourth-order valence-electron chi connectivity index (χ4n) is 3.43. The molecule has 2 atom stereocenters. The van der Waals surface area contributed by atoms with Gasteiger partial charge in [0.2, 0.25) is 0 Å². The van der Waals surface area contributed by atoms with Gasteiger partial charge >= 0.3 is 0 Å². The molecule has 3 saturated carbocycles. The molecule has 2 unspecified atom stereocenters. The summed E-state index contributed by atoms with van der Waals surface area (Å²) < 4.78 is 0. The number of rotatable bonds is 0. The minimum absolute atomic E-state index is 1.05. The van der Waals surface area contributed by atoms with E-state index in [1.54, 1.807) is 5.57 Å². The van der Waals surface area contributed by atoms with Crippen molar-refractivity contribution in [1.82, 2.24) is 0 Å². The normalized spacial score (nSPS) is 59.4. The highest BCUT2D eigenvalue weighted by Crippen LogP contribution is 2.65. The molecule has 48 valence electrons. The Balaban J connectivity index is 2.08. The first kappa shape index (κ1) is 4.54. The topological polar surface area (TPSA) is 0 Å². The monoisotopic (exact) mass is 120 g/mol. The van der Waals surface area contributed by atoms with E-state index in [1.807, 2.05) is 0 Å². The van der Waals surface area contributed by atoms with Gasteiger partial charge in [0.1, 0.15) is 0 Å². The Kier molecular flexibility index (Phi) is 0.564. The van der Waals surface area contributed by atoms with Crippen LogP contribution in [0.1, 0.15) is 19.8 Å². The zero-order valence-corrected chi connectivity index (χ0v) is 5.80.